The first-order chi connectivity index (χ1) is 16.3. The lowest BCUT2D eigenvalue weighted by molar-refractivity contribution is 0.0912. The van der Waals surface area contributed by atoms with Gasteiger partial charge in [0.25, 0.3) is 5.91 Å². The van der Waals surface area contributed by atoms with Crippen LogP contribution in [0.3, 0.4) is 0 Å². The first-order valence-corrected chi connectivity index (χ1v) is 10.5. The average Bonchev–Trinajstić information content (AvgIpc) is 3.15. The molecule has 0 spiro atoms. The van der Waals surface area contributed by atoms with Crippen LogP contribution in [0.2, 0.25) is 0 Å². The van der Waals surface area contributed by atoms with E-state index in [-0.39, 0.29) is 11.4 Å². The molecule has 0 aliphatic heterocycles. The van der Waals surface area contributed by atoms with Crippen LogP contribution < -0.4 is 11.1 Å². The lowest BCUT2D eigenvalue weighted by atomic mass is 9.99. The maximum absolute atomic E-state index is 15.0. The number of aliphatic hydroxyl groups excluding tert-OH is 1. The van der Waals surface area contributed by atoms with Gasteiger partial charge in [-0.15, -0.1) is 0 Å². The fourth-order valence-electron chi connectivity index (χ4n) is 3.70. The van der Waals surface area contributed by atoms with Crippen molar-refractivity contribution < 1.29 is 18.7 Å². The van der Waals surface area contributed by atoms with Crippen LogP contribution in [0, 0.1) is 18.6 Å². The minimum atomic E-state index is -0.887. The molecule has 1 unspecified atom stereocenters. The van der Waals surface area contributed by atoms with Crippen molar-refractivity contribution >= 4 is 11.7 Å². The first-order valence-electron chi connectivity index (χ1n) is 10.5. The number of benzene rings is 2. The Kier molecular flexibility index (Phi) is 6.38. The van der Waals surface area contributed by atoms with Crippen molar-refractivity contribution in [1.29, 1.82) is 0 Å². The van der Waals surface area contributed by atoms with Gasteiger partial charge in [-0.3, -0.25) is 9.48 Å². The number of carbonyl (C=O) groups excluding carboxylic acids is 1. The Morgan fingerprint density at radius 1 is 1.12 bits per heavy atom. The molecule has 0 saturated carbocycles. The van der Waals surface area contributed by atoms with Crippen LogP contribution in [0.1, 0.15) is 27.7 Å². The summed E-state index contributed by atoms with van der Waals surface area (Å²) in [5.41, 5.74) is 9.76. The second kappa shape index (κ2) is 9.40. The molecule has 174 valence electrons. The standard InChI is InChI=1S/C25H23F2N5O2/c1-14-21(12-30-32(14)2)17-9-20(24(28)29-11-17)15-6-7-19(22(27)10-15)25(34)31-23(13-33)16-4-3-5-18(26)8-16/h3-12,23,33H,13H2,1-2H3,(H2,28,29)(H,31,34). The summed E-state index contributed by atoms with van der Waals surface area (Å²) in [6.45, 7) is 1.45. The molecule has 2 aromatic carbocycles. The van der Waals surface area contributed by atoms with Gasteiger partial charge in [0.15, 0.2) is 0 Å². The van der Waals surface area contributed by atoms with Crippen molar-refractivity contribution in [2.45, 2.75) is 13.0 Å². The summed E-state index contributed by atoms with van der Waals surface area (Å²) in [5, 5.41) is 16.4. The number of carbonyl (C=O) groups is 1. The SMILES string of the molecule is Cc1c(-c2cnc(N)c(-c3ccc(C(=O)NC(CO)c4cccc(F)c4)c(F)c3)c2)cnn1C. The van der Waals surface area contributed by atoms with Gasteiger partial charge in [0.1, 0.15) is 17.5 Å². The summed E-state index contributed by atoms with van der Waals surface area (Å²) in [7, 11) is 1.83. The number of nitrogens with zero attached hydrogens (tertiary/aromatic N) is 3. The molecule has 4 rings (SSSR count). The van der Waals surface area contributed by atoms with Crippen LogP contribution >= 0.6 is 0 Å². The van der Waals surface area contributed by atoms with Crippen molar-refractivity contribution in [2.75, 3.05) is 12.3 Å². The predicted octanol–water partition coefficient (Wildman–Crippen LogP) is 3.78. The van der Waals surface area contributed by atoms with Crippen molar-refractivity contribution in [3.63, 3.8) is 0 Å². The number of hydrogen-bond donors (Lipinski definition) is 3. The van der Waals surface area contributed by atoms with Crippen molar-refractivity contribution in [3.05, 3.63) is 89.4 Å². The topological polar surface area (TPSA) is 106 Å². The Bertz CT molecular complexity index is 1370. The molecule has 7 nitrogen and oxygen atoms in total. The third-order valence-electron chi connectivity index (χ3n) is 5.73. The van der Waals surface area contributed by atoms with Gasteiger partial charge in [-0.2, -0.15) is 5.10 Å². The van der Waals surface area contributed by atoms with Gasteiger partial charge in [0.05, 0.1) is 24.4 Å². The summed E-state index contributed by atoms with van der Waals surface area (Å²) in [5.74, 6) is -1.80. The number of nitrogens with two attached hydrogens (primary N) is 1. The minimum Gasteiger partial charge on any atom is -0.394 e. The van der Waals surface area contributed by atoms with Crippen LogP contribution in [-0.4, -0.2) is 32.4 Å². The number of aryl methyl sites for hydroxylation is 1. The Balaban J connectivity index is 1.61. The summed E-state index contributed by atoms with van der Waals surface area (Å²) in [6.07, 6.45) is 3.35. The summed E-state index contributed by atoms with van der Waals surface area (Å²) >= 11 is 0. The maximum atomic E-state index is 15.0. The van der Waals surface area contributed by atoms with Gasteiger partial charge >= 0.3 is 0 Å². The normalized spacial score (nSPS) is 11.9. The Labute approximate surface area is 194 Å². The fourth-order valence-corrected chi connectivity index (χ4v) is 3.70. The molecule has 1 atom stereocenters. The highest BCUT2D eigenvalue weighted by Crippen LogP contribution is 2.31. The molecule has 0 aliphatic rings. The molecule has 1 amide bonds. The van der Waals surface area contributed by atoms with Crippen LogP contribution in [0.4, 0.5) is 14.6 Å². The lowest BCUT2D eigenvalue weighted by Crippen LogP contribution is -2.31. The van der Waals surface area contributed by atoms with Gasteiger partial charge in [-0.05, 0) is 48.4 Å². The Morgan fingerprint density at radius 2 is 1.91 bits per heavy atom. The number of hydrogen-bond acceptors (Lipinski definition) is 5. The predicted molar refractivity (Wildman–Crippen MR) is 125 cm³/mol. The highest BCUT2D eigenvalue weighted by molar-refractivity contribution is 5.95. The average molecular weight is 463 g/mol. The fraction of sp³-hybridized carbons (Fsp3) is 0.160. The van der Waals surface area contributed by atoms with Gasteiger partial charge in [-0.1, -0.05) is 18.2 Å². The molecule has 2 heterocycles. The van der Waals surface area contributed by atoms with E-state index >= 15 is 0 Å². The van der Waals surface area contributed by atoms with E-state index < -0.39 is 30.2 Å². The number of pyridine rings is 1. The van der Waals surface area contributed by atoms with E-state index in [0.717, 1.165) is 16.8 Å². The molecule has 2 aromatic heterocycles. The van der Waals surface area contributed by atoms with Crippen molar-refractivity contribution in [1.82, 2.24) is 20.1 Å². The van der Waals surface area contributed by atoms with E-state index in [1.165, 1.54) is 30.3 Å². The van der Waals surface area contributed by atoms with Gasteiger partial charge in [0.2, 0.25) is 0 Å². The molecular weight excluding hydrogens is 440 g/mol. The number of aromatic nitrogens is 3. The number of nitrogens with one attached hydrogen (secondary N) is 1. The third kappa shape index (κ3) is 4.51. The zero-order chi connectivity index (χ0) is 24.4. The number of aliphatic hydroxyl groups is 1. The quantitative estimate of drug-likeness (QED) is 0.404. The van der Waals surface area contributed by atoms with Crippen LogP contribution in [-0.2, 0) is 7.05 Å². The number of rotatable bonds is 6. The van der Waals surface area contributed by atoms with Gasteiger partial charge in [-0.25, -0.2) is 13.8 Å². The van der Waals surface area contributed by atoms with E-state index in [9.17, 15) is 18.7 Å². The smallest absolute Gasteiger partial charge is 0.254 e. The van der Waals surface area contributed by atoms with E-state index in [1.54, 1.807) is 35.3 Å². The second-order valence-corrected chi connectivity index (χ2v) is 7.88. The monoisotopic (exact) mass is 463 g/mol. The number of nitrogen functional groups attached to an aromatic ring is 1. The zero-order valence-corrected chi connectivity index (χ0v) is 18.6. The molecule has 0 radical (unpaired) electrons. The molecule has 9 heteroatoms. The highest BCUT2D eigenvalue weighted by Gasteiger charge is 2.19. The highest BCUT2D eigenvalue weighted by atomic mass is 19.1. The van der Waals surface area contributed by atoms with E-state index in [2.05, 4.69) is 15.4 Å². The van der Waals surface area contributed by atoms with Crippen molar-refractivity contribution in [2.24, 2.45) is 7.05 Å². The number of anilines is 1. The summed E-state index contributed by atoms with van der Waals surface area (Å²) in [6, 6.07) is 10.5. The molecule has 0 bridgehead atoms. The van der Waals surface area contributed by atoms with E-state index in [1.807, 2.05) is 14.0 Å². The van der Waals surface area contributed by atoms with Crippen LogP contribution in [0.25, 0.3) is 22.3 Å². The first kappa shape index (κ1) is 23.1. The molecule has 0 saturated heterocycles. The maximum Gasteiger partial charge on any atom is 0.254 e. The molecule has 4 aromatic rings. The molecule has 0 fully saturated rings. The Morgan fingerprint density at radius 3 is 2.56 bits per heavy atom. The zero-order valence-electron chi connectivity index (χ0n) is 18.6. The minimum absolute atomic E-state index is 0.216. The van der Waals surface area contributed by atoms with E-state index in [0.29, 0.717) is 16.7 Å². The summed E-state index contributed by atoms with van der Waals surface area (Å²) < 4.78 is 30.2. The number of amides is 1. The van der Waals surface area contributed by atoms with Gasteiger partial charge in [0, 0.05) is 35.6 Å². The largest absolute Gasteiger partial charge is 0.394 e. The second-order valence-electron chi connectivity index (χ2n) is 7.88. The van der Waals surface area contributed by atoms with E-state index in [4.69, 9.17) is 5.73 Å². The van der Waals surface area contributed by atoms with Crippen molar-refractivity contribution in [3.8, 4) is 22.3 Å². The molecular formula is C25H23F2N5O2. The summed E-state index contributed by atoms with van der Waals surface area (Å²) in [4.78, 5) is 16.9. The Hall–Kier alpha value is -4.11. The van der Waals surface area contributed by atoms with Crippen LogP contribution in [0.15, 0.2) is 60.9 Å². The third-order valence-corrected chi connectivity index (χ3v) is 5.73. The molecule has 0 aliphatic carbocycles. The lowest BCUT2D eigenvalue weighted by Gasteiger charge is -2.17. The number of halogens is 2. The van der Waals surface area contributed by atoms with Crippen LogP contribution in [0.5, 0.6) is 0 Å². The van der Waals surface area contributed by atoms with Gasteiger partial charge < -0.3 is 16.2 Å². The molecule has 34 heavy (non-hydrogen) atoms. The molecule has 4 N–H and O–H groups in total.